The predicted molar refractivity (Wildman–Crippen MR) is 95.4 cm³/mol. The van der Waals surface area contributed by atoms with Crippen molar-refractivity contribution in [3.63, 3.8) is 0 Å². The molecular weight excluding hydrogens is 303 g/mol. The van der Waals surface area contributed by atoms with E-state index < -0.39 is 0 Å². The van der Waals surface area contributed by atoms with Crippen molar-refractivity contribution >= 4 is 0 Å². The number of aliphatic hydroxyl groups is 1. The first-order chi connectivity index (χ1) is 11.7. The number of aliphatic hydroxyl groups excluding tert-OH is 1. The maximum atomic E-state index is 13.2. The van der Waals surface area contributed by atoms with Gasteiger partial charge in [-0.05, 0) is 68.8 Å². The second kappa shape index (κ2) is 8.93. The number of hydrogen-bond acceptors (Lipinski definition) is 3. The van der Waals surface area contributed by atoms with E-state index in [9.17, 15) is 9.50 Å². The van der Waals surface area contributed by atoms with Crippen LogP contribution in [0.4, 0.5) is 4.39 Å². The third-order valence-electron chi connectivity index (χ3n) is 5.67. The van der Waals surface area contributed by atoms with Crippen molar-refractivity contribution in [1.82, 2.24) is 10.2 Å². The summed E-state index contributed by atoms with van der Waals surface area (Å²) in [6.45, 7) is 4.13. The first kappa shape index (κ1) is 17.8. The summed E-state index contributed by atoms with van der Waals surface area (Å²) in [6.07, 6.45) is 8.05. The minimum atomic E-state index is -0.156. The maximum Gasteiger partial charge on any atom is 0.123 e. The fraction of sp³-hybridized carbons (Fsp3) is 0.700. The smallest absolute Gasteiger partial charge is 0.123 e. The third kappa shape index (κ3) is 5.01. The SMILES string of the molecule is OC1CCN(CCCNC(c2ccc(F)cc2)C2CCCC2)CC1. The zero-order chi connectivity index (χ0) is 16.8. The van der Waals surface area contributed by atoms with Crippen LogP contribution in [0.1, 0.15) is 56.6 Å². The number of hydrogen-bond donors (Lipinski definition) is 2. The molecule has 1 unspecified atom stereocenters. The largest absolute Gasteiger partial charge is 0.393 e. The molecule has 1 saturated heterocycles. The van der Waals surface area contributed by atoms with Gasteiger partial charge in [0.15, 0.2) is 0 Å². The number of rotatable bonds is 7. The van der Waals surface area contributed by atoms with Crippen LogP contribution in [-0.2, 0) is 0 Å². The average Bonchev–Trinajstić information content (AvgIpc) is 3.12. The Bertz CT molecular complexity index is 479. The Morgan fingerprint density at radius 2 is 1.75 bits per heavy atom. The summed E-state index contributed by atoms with van der Waals surface area (Å²) in [5.74, 6) is 0.525. The van der Waals surface area contributed by atoms with Gasteiger partial charge in [-0.2, -0.15) is 0 Å². The summed E-state index contributed by atoms with van der Waals surface area (Å²) in [4.78, 5) is 2.46. The van der Waals surface area contributed by atoms with E-state index in [2.05, 4.69) is 10.2 Å². The van der Waals surface area contributed by atoms with Crippen LogP contribution in [-0.4, -0.2) is 42.3 Å². The van der Waals surface area contributed by atoms with Crippen molar-refractivity contribution in [2.45, 2.75) is 57.1 Å². The van der Waals surface area contributed by atoms with Crippen molar-refractivity contribution in [2.24, 2.45) is 5.92 Å². The van der Waals surface area contributed by atoms with Gasteiger partial charge in [-0.25, -0.2) is 4.39 Å². The minimum Gasteiger partial charge on any atom is -0.393 e. The molecule has 1 aliphatic heterocycles. The zero-order valence-electron chi connectivity index (χ0n) is 14.6. The molecule has 0 spiro atoms. The lowest BCUT2D eigenvalue weighted by atomic mass is 9.91. The quantitative estimate of drug-likeness (QED) is 0.749. The lowest BCUT2D eigenvalue weighted by Gasteiger charge is -2.30. The Balaban J connectivity index is 1.48. The van der Waals surface area contributed by atoms with Gasteiger partial charge in [0, 0.05) is 19.1 Å². The van der Waals surface area contributed by atoms with Crippen molar-refractivity contribution in [3.05, 3.63) is 35.6 Å². The van der Waals surface area contributed by atoms with Crippen molar-refractivity contribution < 1.29 is 9.50 Å². The molecule has 24 heavy (non-hydrogen) atoms. The molecule has 0 radical (unpaired) electrons. The molecule has 1 saturated carbocycles. The molecule has 3 rings (SSSR count). The molecule has 0 amide bonds. The van der Waals surface area contributed by atoms with Crippen LogP contribution >= 0.6 is 0 Å². The highest BCUT2D eigenvalue weighted by molar-refractivity contribution is 5.21. The van der Waals surface area contributed by atoms with Crippen LogP contribution < -0.4 is 5.32 Å². The zero-order valence-corrected chi connectivity index (χ0v) is 14.6. The highest BCUT2D eigenvalue weighted by Crippen LogP contribution is 2.35. The minimum absolute atomic E-state index is 0.0930. The molecule has 1 heterocycles. The first-order valence-electron chi connectivity index (χ1n) is 9.61. The van der Waals surface area contributed by atoms with Gasteiger partial charge in [0.1, 0.15) is 5.82 Å². The van der Waals surface area contributed by atoms with Gasteiger partial charge in [0.2, 0.25) is 0 Å². The molecule has 3 nitrogen and oxygen atoms in total. The molecule has 1 aromatic carbocycles. The summed E-state index contributed by atoms with van der Waals surface area (Å²) in [7, 11) is 0. The van der Waals surface area contributed by atoms with E-state index in [1.54, 1.807) is 12.1 Å². The fourth-order valence-corrected chi connectivity index (χ4v) is 4.22. The molecule has 0 bridgehead atoms. The van der Waals surface area contributed by atoms with Crippen LogP contribution in [0.25, 0.3) is 0 Å². The molecule has 1 aromatic rings. The van der Waals surface area contributed by atoms with E-state index in [0.29, 0.717) is 12.0 Å². The standard InChI is InChI=1S/C20H31FN2O/c21-18-8-6-17(7-9-18)20(16-4-1-2-5-16)22-12-3-13-23-14-10-19(24)11-15-23/h6-9,16,19-20,22,24H,1-5,10-15H2. The van der Waals surface area contributed by atoms with E-state index in [4.69, 9.17) is 0 Å². The number of benzene rings is 1. The highest BCUT2D eigenvalue weighted by Gasteiger charge is 2.26. The molecule has 0 aromatic heterocycles. The maximum absolute atomic E-state index is 13.2. The van der Waals surface area contributed by atoms with Gasteiger partial charge in [-0.1, -0.05) is 25.0 Å². The highest BCUT2D eigenvalue weighted by atomic mass is 19.1. The van der Waals surface area contributed by atoms with Crippen LogP contribution in [0.5, 0.6) is 0 Å². The van der Waals surface area contributed by atoms with Crippen molar-refractivity contribution in [2.75, 3.05) is 26.2 Å². The molecule has 1 aliphatic carbocycles. The van der Waals surface area contributed by atoms with Gasteiger partial charge in [0.05, 0.1) is 6.10 Å². The third-order valence-corrected chi connectivity index (χ3v) is 5.67. The van der Waals surface area contributed by atoms with Gasteiger partial charge in [-0.15, -0.1) is 0 Å². The number of piperidine rings is 1. The van der Waals surface area contributed by atoms with Gasteiger partial charge >= 0.3 is 0 Å². The Morgan fingerprint density at radius 1 is 1.08 bits per heavy atom. The summed E-state index contributed by atoms with van der Waals surface area (Å²) in [5, 5.41) is 13.3. The monoisotopic (exact) mass is 334 g/mol. The van der Waals surface area contributed by atoms with E-state index >= 15 is 0 Å². The van der Waals surface area contributed by atoms with E-state index in [1.807, 2.05) is 12.1 Å². The van der Waals surface area contributed by atoms with Gasteiger partial charge < -0.3 is 15.3 Å². The second-order valence-corrected chi connectivity index (χ2v) is 7.45. The van der Waals surface area contributed by atoms with E-state index in [1.165, 1.54) is 31.2 Å². The molecule has 4 heteroatoms. The fourth-order valence-electron chi connectivity index (χ4n) is 4.22. The van der Waals surface area contributed by atoms with Crippen molar-refractivity contribution in [1.29, 1.82) is 0 Å². The van der Waals surface area contributed by atoms with Crippen molar-refractivity contribution in [3.8, 4) is 0 Å². The van der Waals surface area contributed by atoms with Crippen LogP contribution in [0.15, 0.2) is 24.3 Å². The molecule has 2 fully saturated rings. The lowest BCUT2D eigenvalue weighted by molar-refractivity contribution is 0.0819. The number of nitrogens with zero attached hydrogens (tertiary/aromatic N) is 1. The Morgan fingerprint density at radius 3 is 2.42 bits per heavy atom. The van der Waals surface area contributed by atoms with Crippen LogP contribution in [0.2, 0.25) is 0 Å². The molecule has 1 atom stereocenters. The summed E-state index contributed by atoms with van der Waals surface area (Å²) >= 11 is 0. The number of halogens is 1. The van der Waals surface area contributed by atoms with Gasteiger partial charge in [0.25, 0.3) is 0 Å². The lowest BCUT2D eigenvalue weighted by Crippen LogP contribution is -2.37. The van der Waals surface area contributed by atoms with Gasteiger partial charge in [-0.3, -0.25) is 0 Å². The Labute approximate surface area is 145 Å². The molecule has 2 N–H and O–H groups in total. The predicted octanol–water partition coefficient (Wildman–Crippen LogP) is 3.49. The Hall–Kier alpha value is -0.970. The molecular formula is C20H31FN2O. The normalized spacial score (nSPS) is 22.1. The number of nitrogens with one attached hydrogen (secondary N) is 1. The van der Waals surface area contributed by atoms with Crippen LogP contribution in [0.3, 0.4) is 0 Å². The van der Waals surface area contributed by atoms with E-state index in [0.717, 1.165) is 45.4 Å². The number of likely N-dealkylation sites (tertiary alicyclic amines) is 1. The summed E-state index contributed by atoms with van der Waals surface area (Å²) in [5.41, 5.74) is 1.23. The topological polar surface area (TPSA) is 35.5 Å². The second-order valence-electron chi connectivity index (χ2n) is 7.45. The summed E-state index contributed by atoms with van der Waals surface area (Å²) in [6, 6.07) is 7.40. The molecule has 2 aliphatic rings. The summed E-state index contributed by atoms with van der Waals surface area (Å²) < 4.78 is 13.2. The van der Waals surface area contributed by atoms with E-state index in [-0.39, 0.29) is 11.9 Å². The molecule has 134 valence electrons. The first-order valence-corrected chi connectivity index (χ1v) is 9.61. The van der Waals surface area contributed by atoms with Crippen LogP contribution in [0, 0.1) is 11.7 Å². The average molecular weight is 334 g/mol. The Kier molecular flexibility index (Phi) is 6.64.